The highest BCUT2D eigenvalue weighted by Crippen LogP contribution is 2.40. The van der Waals surface area contributed by atoms with Crippen LogP contribution >= 0.6 is 23.8 Å². The van der Waals surface area contributed by atoms with Gasteiger partial charge in [0, 0.05) is 30.3 Å². The molecule has 9 heteroatoms. The first kappa shape index (κ1) is 20.6. The first-order valence-electron chi connectivity index (χ1n) is 8.83. The number of hydrogen-bond donors (Lipinski definition) is 2. The number of nitrogens with zero attached hydrogens (tertiary/aromatic N) is 2. The summed E-state index contributed by atoms with van der Waals surface area (Å²) in [5.74, 6) is 1.25. The van der Waals surface area contributed by atoms with Crippen molar-refractivity contribution in [3.63, 3.8) is 0 Å². The van der Waals surface area contributed by atoms with Gasteiger partial charge in [0.2, 0.25) is 5.88 Å². The Morgan fingerprint density at radius 1 is 1.21 bits per heavy atom. The van der Waals surface area contributed by atoms with Crippen molar-refractivity contribution in [3.05, 3.63) is 34.2 Å². The third kappa shape index (κ3) is 4.82. The summed E-state index contributed by atoms with van der Waals surface area (Å²) in [5.41, 5.74) is 3.09. The monoisotopic (exact) mass is 423 g/mol. The van der Waals surface area contributed by atoms with Crippen LogP contribution < -0.4 is 4.74 Å². The predicted molar refractivity (Wildman–Crippen MR) is 113 cm³/mol. The molecule has 0 radical (unpaired) electrons. The molecular weight excluding hydrogens is 402 g/mol. The summed E-state index contributed by atoms with van der Waals surface area (Å²) in [6.07, 6.45) is 3.56. The number of ether oxygens (including phenoxy) is 3. The van der Waals surface area contributed by atoms with Crippen molar-refractivity contribution in [2.45, 2.75) is 0 Å². The van der Waals surface area contributed by atoms with Gasteiger partial charge in [-0.05, 0) is 24.4 Å². The maximum absolute atomic E-state index is 10.1. The molecule has 2 heterocycles. The lowest BCUT2D eigenvalue weighted by molar-refractivity contribution is 0.0411. The normalized spacial score (nSPS) is 14.0. The van der Waals surface area contributed by atoms with E-state index in [9.17, 15) is 5.11 Å². The standard InChI is InChI=1S/C19H22ClN3O4S/c1-23-18(24)15(22-19(23)28)11-13-12-21-17-14(13)3-2-4-16(17)27-10-9-26-8-7-25-6-5-20/h2-4,11-12,24H,5-10H2,1H3,(H,22,28)/b13-11+. The fraction of sp³-hybridized carbons (Fsp3) is 0.368. The Labute approximate surface area is 173 Å². The summed E-state index contributed by atoms with van der Waals surface area (Å²) in [5, 5.41) is 10.1. The molecule has 150 valence electrons. The zero-order valence-electron chi connectivity index (χ0n) is 15.5. The molecule has 28 heavy (non-hydrogen) atoms. The fourth-order valence-electron chi connectivity index (χ4n) is 2.70. The number of alkyl halides is 1. The molecule has 1 aromatic heterocycles. The maximum Gasteiger partial charge on any atom is 0.217 e. The molecule has 2 aromatic rings. The number of allylic oxidation sites excluding steroid dienone is 1. The van der Waals surface area contributed by atoms with E-state index in [0.717, 1.165) is 16.8 Å². The van der Waals surface area contributed by atoms with Gasteiger partial charge >= 0.3 is 0 Å². The summed E-state index contributed by atoms with van der Waals surface area (Å²) in [6, 6.07) is 5.74. The number of nitrogens with one attached hydrogen (secondary N) is 1. The van der Waals surface area contributed by atoms with Gasteiger partial charge in [-0.2, -0.15) is 0 Å². The summed E-state index contributed by atoms with van der Waals surface area (Å²) in [7, 11) is 1.70. The van der Waals surface area contributed by atoms with Crippen LogP contribution in [0.2, 0.25) is 0 Å². The van der Waals surface area contributed by atoms with Gasteiger partial charge in [-0.25, -0.2) is 0 Å². The largest absolute Gasteiger partial charge is 0.493 e. The minimum absolute atomic E-state index is 0.0823. The SMILES string of the molecule is Cn1c(O)c(/C=C2\C=Nc3c(OCCOCCOCCCl)cccc32)[nH]c1=S. The Bertz CT molecular complexity index is 936. The molecule has 0 saturated heterocycles. The van der Waals surface area contributed by atoms with Crippen LogP contribution in [-0.4, -0.2) is 59.8 Å². The lowest BCUT2D eigenvalue weighted by atomic mass is 10.1. The maximum atomic E-state index is 10.1. The number of H-pyrrole nitrogens is 1. The molecule has 1 aliphatic rings. The van der Waals surface area contributed by atoms with Gasteiger partial charge in [-0.3, -0.25) is 9.56 Å². The quantitative estimate of drug-likeness (QED) is 0.346. The van der Waals surface area contributed by atoms with E-state index >= 15 is 0 Å². The molecule has 1 aliphatic heterocycles. The number of aromatic nitrogens is 2. The van der Waals surface area contributed by atoms with Crippen molar-refractivity contribution in [2.75, 3.05) is 38.9 Å². The molecule has 0 bridgehead atoms. The van der Waals surface area contributed by atoms with E-state index < -0.39 is 0 Å². The number of rotatable bonds is 10. The van der Waals surface area contributed by atoms with Crippen LogP contribution in [0.4, 0.5) is 5.69 Å². The van der Waals surface area contributed by atoms with Crippen molar-refractivity contribution in [2.24, 2.45) is 12.0 Å². The van der Waals surface area contributed by atoms with Crippen molar-refractivity contribution in [3.8, 4) is 11.6 Å². The summed E-state index contributed by atoms with van der Waals surface area (Å²) < 4.78 is 18.5. The van der Waals surface area contributed by atoms with Crippen LogP contribution in [0.15, 0.2) is 23.2 Å². The number of benzene rings is 1. The van der Waals surface area contributed by atoms with Gasteiger partial charge in [-0.1, -0.05) is 12.1 Å². The lowest BCUT2D eigenvalue weighted by Crippen LogP contribution is -2.11. The van der Waals surface area contributed by atoms with Crippen LogP contribution in [-0.2, 0) is 16.5 Å². The van der Waals surface area contributed by atoms with Gasteiger partial charge in [0.15, 0.2) is 4.77 Å². The number of halogens is 1. The Balaban J connectivity index is 1.61. The Morgan fingerprint density at radius 3 is 2.68 bits per heavy atom. The Kier molecular flexibility index (Phi) is 7.27. The third-order valence-electron chi connectivity index (χ3n) is 4.13. The first-order chi connectivity index (χ1) is 13.6. The Hall–Kier alpha value is -2.13. The van der Waals surface area contributed by atoms with Gasteiger partial charge < -0.3 is 24.3 Å². The summed E-state index contributed by atoms with van der Waals surface area (Å²) in [6.45, 7) is 2.40. The van der Waals surface area contributed by atoms with Crippen molar-refractivity contribution < 1.29 is 19.3 Å². The van der Waals surface area contributed by atoms with E-state index in [1.807, 2.05) is 24.3 Å². The summed E-state index contributed by atoms with van der Waals surface area (Å²) >= 11 is 10.7. The minimum atomic E-state index is 0.0823. The average molecular weight is 424 g/mol. The highest BCUT2D eigenvalue weighted by molar-refractivity contribution is 7.71. The molecule has 0 aliphatic carbocycles. The van der Waals surface area contributed by atoms with Crippen molar-refractivity contribution in [1.29, 1.82) is 0 Å². The molecule has 0 amide bonds. The lowest BCUT2D eigenvalue weighted by Gasteiger charge is -2.10. The van der Waals surface area contributed by atoms with E-state index in [1.165, 1.54) is 4.57 Å². The zero-order valence-corrected chi connectivity index (χ0v) is 17.1. The molecule has 1 aromatic carbocycles. The second kappa shape index (κ2) is 9.88. The molecule has 0 spiro atoms. The molecule has 2 N–H and O–H groups in total. The molecule has 0 unspecified atom stereocenters. The topological polar surface area (TPSA) is 81.0 Å². The number of aromatic hydroxyl groups is 1. The summed E-state index contributed by atoms with van der Waals surface area (Å²) in [4.78, 5) is 7.44. The van der Waals surface area contributed by atoms with E-state index in [2.05, 4.69) is 9.98 Å². The smallest absolute Gasteiger partial charge is 0.217 e. The number of fused-ring (bicyclic) bond motifs is 1. The van der Waals surface area contributed by atoms with E-state index in [4.69, 9.17) is 38.0 Å². The average Bonchev–Trinajstić information content (AvgIpc) is 3.21. The van der Waals surface area contributed by atoms with E-state index in [1.54, 1.807) is 13.3 Å². The van der Waals surface area contributed by atoms with Gasteiger partial charge in [0.1, 0.15) is 23.7 Å². The predicted octanol–water partition coefficient (Wildman–Crippen LogP) is 3.70. The highest BCUT2D eigenvalue weighted by Gasteiger charge is 2.18. The molecule has 0 atom stereocenters. The zero-order chi connectivity index (χ0) is 19.9. The number of imidazole rings is 1. The van der Waals surface area contributed by atoms with Gasteiger partial charge in [0.25, 0.3) is 0 Å². The van der Waals surface area contributed by atoms with Crippen LogP contribution in [0.25, 0.3) is 11.6 Å². The van der Waals surface area contributed by atoms with E-state index in [-0.39, 0.29) is 5.88 Å². The Morgan fingerprint density at radius 2 is 1.96 bits per heavy atom. The van der Waals surface area contributed by atoms with Crippen LogP contribution in [0, 0.1) is 4.77 Å². The van der Waals surface area contributed by atoms with Crippen molar-refractivity contribution >= 4 is 47.4 Å². The number of aromatic amines is 1. The minimum Gasteiger partial charge on any atom is -0.493 e. The molecule has 0 saturated carbocycles. The molecular formula is C19H22ClN3O4S. The van der Waals surface area contributed by atoms with Crippen LogP contribution in [0.3, 0.4) is 0 Å². The van der Waals surface area contributed by atoms with Crippen LogP contribution in [0.5, 0.6) is 11.6 Å². The molecule has 7 nitrogen and oxygen atoms in total. The third-order valence-corrected chi connectivity index (χ3v) is 4.66. The first-order valence-corrected chi connectivity index (χ1v) is 9.77. The fourth-order valence-corrected chi connectivity index (χ4v) is 3.00. The van der Waals surface area contributed by atoms with Crippen molar-refractivity contribution in [1.82, 2.24) is 9.55 Å². The second-order valence-electron chi connectivity index (χ2n) is 6.00. The number of aliphatic imine (C=N–C) groups is 1. The van der Waals surface area contributed by atoms with E-state index in [0.29, 0.717) is 55.1 Å². The highest BCUT2D eigenvalue weighted by atomic mass is 35.5. The number of hydrogen-bond acceptors (Lipinski definition) is 6. The molecule has 0 fully saturated rings. The second-order valence-corrected chi connectivity index (χ2v) is 6.76. The molecule has 3 rings (SSSR count). The van der Waals surface area contributed by atoms with Gasteiger partial charge in [0.05, 0.1) is 26.4 Å². The van der Waals surface area contributed by atoms with Gasteiger partial charge in [-0.15, -0.1) is 11.6 Å². The number of para-hydroxylation sites is 1. The van der Waals surface area contributed by atoms with Crippen LogP contribution in [0.1, 0.15) is 11.3 Å².